The van der Waals surface area contributed by atoms with Crippen LogP contribution in [-0.2, 0) is 4.79 Å². The molecule has 4 heteroatoms. The molecule has 0 saturated carbocycles. The topological polar surface area (TPSA) is 61.4 Å². The first-order valence-corrected chi connectivity index (χ1v) is 6.25. The van der Waals surface area contributed by atoms with Crippen LogP contribution in [0.2, 0.25) is 0 Å². The van der Waals surface area contributed by atoms with Gasteiger partial charge in [-0.3, -0.25) is 4.79 Å². The van der Waals surface area contributed by atoms with Crippen LogP contribution >= 0.6 is 0 Å². The van der Waals surface area contributed by atoms with Gasteiger partial charge in [0.1, 0.15) is 0 Å². The maximum Gasteiger partial charge on any atom is 0.237 e. The monoisotopic (exact) mass is 228 g/mol. The number of amides is 1. The molecule has 0 radical (unpaired) electrons. The molecule has 1 amide bonds. The van der Waals surface area contributed by atoms with Gasteiger partial charge in [-0.1, -0.05) is 20.8 Å². The summed E-state index contributed by atoms with van der Waals surface area (Å²) in [6.45, 7) is 6.98. The zero-order chi connectivity index (χ0) is 12.2. The minimum Gasteiger partial charge on any atom is -0.394 e. The quantitative estimate of drug-likeness (QED) is 0.647. The minimum atomic E-state index is -0.443. The SMILES string of the molecule is CCC(CC)(CO)NC(=O)C1NCCC1C. The van der Waals surface area contributed by atoms with Crippen molar-refractivity contribution < 1.29 is 9.90 Å². The minimum absolute atomic E-state index is 0.00679. The third-order valence-electron chi connectivity index (χ3n) is 3.86. The lowest BCUT2D eigenvalue weighted by Gasteiger charge is -2.32. The maximum absolute atomic E-state index is 12.1. The molecule has 94 valence electrons. The van der Waals surface area contributed by atoms with E-state index in [-0.39, 0.29) is 18.6 Å². The average Bonchev–Trinajstić information content (AvgIpc) is 2.72. The lowest BCUT2D eigenvalue weighted by Crippen LogP contribution is -2.56. The van der Waals surface area contributed by atoms with Crippen LogP contribution < -0.4 is 10.6 Å². The molecule has 1 fully saturated rings. The van der Waals surface area contributed by atoms with Crippen molar-refractivity contribution in [3.63, 3.8) is 0 Å². The zero-order valence-corrected chi connectivity index (χ0v) is 10.5. The average molecular weight is 228 g/mol. The van der Waals surface area contributed by atoms with E-state index in [0.717, 1.165) is 25.8 Å². The molecule has 0 aromatic heterocycles. The standard InChI is InChI=1S/C12H24N2O2/c1-4-12(5-2,8-15)14-11(16)10-9(3)6-7-13-10/h9-10,13,15H,4-8H2,1-3H3,(H,14,16). The number of hydrogen-bond donors (Lipinski definition) is 3. The Hall–Kier alpha value is -0.610. The molecule has 1 aliphatic rings. The van der Waals surface area contributed by atoms with Crippen LogP contribution in [0.1, 0.15) is 40.0 Å². The first-order chi connectivity index (χ1) is 7.58. The highest BCUT2D eigenvalue weighted by molar-refractivity contribution is 5.83. The fraction of sp³-hybridized carbons (Fsp3) is 0.917. The van der Waals surface area contributed by atoms with Gasteiger partial charge in [0.25, 0.3) is 0 Å². The van der Waals surface area contributed by atoms with E-state index in [9.17, 15) is 9.90 Å². The van der Waals surface area contributed by atoms with Crippen LogP contribution in [0.5, 0.6) is 0 Å². The van der Waals surface area contributed by atoms with Crippen LogP contribution in [0.25, 0.3) is 0 Å². The lowest BCUT2D eigenvalue weighted by atomic mass is 9.92. The summed E-state index contributed by atoms with van der Waals surface area (Å²) in [6.07, 6.45) is 2.56. The van der Waals surface area contributed by atoms with Crippen LogP contribution in [-0.4, -0.2) is 35.7 Å². The van der Waals surface area contributed by atoms with Gasteiger partial charge in [0, 0.05) is 0 Å². The molecule has 1 saturated heterocycles. The lowest BCUT2D eigenvalue weighted by molar-refractivity contribution is -0.126. The normalized spacial score (nSPS) is 25.8. The van der Waals surface area contributed by atoms with E-state index < -0.39 is 5.54 Å². The summed E-state index contributed by atoms with van der Waals surface area (Å²) in [7, 11) is 0. The number of nitrogens with one attached hydrogen (secondary N) is 2. The van der Waals surface area contributed by atoms with Gasteiger partial charge in [-0.05, 0) is 31.7 Å². The highest BCUT2D eigenvalue weighted by Crippen LogP contribution is 2.18. The molecule has 2 unspecified atom stereocenters. The van der Waals surface area contributed by atoms with E-state index in [1.807, 2.05) is 13.8 Å². The molecule has 2 atom stereocenters. The molecule has 1 heterocycles. The van der Waals surface area contributed by atoms with Gasteiger partial charge in [-0.25, -0.2) is 0 Å². The smallest absolute Gasteiger partial charge is 0.237 e. The van der Waals surface area contributed by atoms with Crippen molar-refractivity contribution in [2.75, 3.05) is 13.2 Å². The summed E-state index contributed by atoms with van der Waals surface area (Å²) in [6, 6.07) is -0.0935. The summed E-state index contributed by atoms with van der Waals surface area (Å²) in [5, 5.41) is 15.6. The number of carbonyl (C=O) groups excluding carboxylic acids is 1. The Morgan fingerprint density at radius 2 is 2.12 bits per heavy atom. The van der Waals surface area contributed by atoms with Crippen LogP contribution in [0.4, 0.5) is 0 Å². The Morgan fingerprint density at radius 1 is 1.50 bits per heavy atom. The molecule has 0 spiro atoms. The maximum atomic E-state index is 12.1. The Bertz CT molecular complexity index is 231. The van der Waals surface area contributed by atoms with E-state index in [1.165, 1.54) is 0 Å². The number of hydrogen-bond acceptors (Lipinski definition) is 3. The Kier molecular flexibility index (Phi) is 4.74. The van der Waals surface area contributed by atoms with Gasteiger partial charge < -0.3 is 15.7 Å². The van der Waals surface area contributed by atoms with Crippen molar-refractivity contribution in [3.05, 3.63) is 0 Å². The van der Waals surface area contributed by atoms with Crippen LogP contribution in [0, 0.1) is 5.92 Å². The predicted octanol–water partition coefficient (Wildman–Crippen LogP) is 0.652. The molecular formula is C12H24N2O2. The van der Waals surface area contributed by atoms with Crippen LogP contribution in [0.15, 0.2) is 0 Å². The third kappa shape index (κ3) is 2.74. The van der Waals surface area contributed by atoms with Crippen LogP contribution in [0.3, 0.4) is 0 Å². The van der Waals surface area contributed by atoms with Crippen molar-refractivity contribution in [3.8, 4) is 0 Å². The van der Waals surface area contributed by atoms with Gasteiger partial charge in [0.2, 0.25) is 5.91 Å². The third-order valence-corrected chi connectivity index (χ3v) is 3.86. The summed E-state index contributed by atoms with van der Waals surface area (Å²) >= 11 is 0. The number of aliphatic hydroxyl groups excluding tert-OH is 1. The molecule has 1 rings (SSSR count). The largest absolute Gasteiger partial charge is 0.394 e. The van der Waals surface area contributed by atoms with Gasteiger partial charge in [0.05, 0.1) is 18.2 Å². The van der Waals surface area contributed by atoms with Gasteiger partial charge in [-0.2, -0.15) is 0 Å². The molecule has 0 bridgehead atoms. The van der Waals surface area contributed by atoms with E-state index in [4.69, 9.17) is 0 Å². The number of carbonyl (C=O) groups is 1. The van der Waals surface area contributed by atoms with E-state index >= 15 is 0 Å². The fourth-order valence-electron chi connectivity index (χ4n) is 2.21. The second-order valence-electron chi connectivity index (χ2n) is 4.83. The van der Waals surface area contributed by atoms with Crippen molar-refractivity contribution >= 4 is 5.91 Å². The molecule has 0 aromatic rings. The summed E-state index contributed by atoms with van der Waals surface area (Å²) < 4.78 is 0. The zero-order valence-electron chi connectivity index (χ0n) is 10.5. The second-order valence-corrected chi connectivity index (χ2v) is 4.83. The molecule has 1 aliphatic heterocycles. The summed E-state index contributed by atoms with van der Waals surface area (Å²) in [5.41, 5.74) is -0.443. The van der Waals surface area contributed by atoms with E-state index in [2.05, 4.69) is 17.6 Å². The van der Waals surface area contributed by atoms with E-state index in [1.54, 1.807) is 0 Å². The highest BCUT2D eigenvalue weighted by Gasteiger charge is 2.34. The molecular weight excluding hydrogens is 204 g/mol. The van der Waals surface area contributed by atoms with Crippen molar-refractivity contribution in [2.45, 2.75) is 51.6 Å². The fourth-order valence-corrected chi connectivity index (χ4v) is 2.21. The van der Waals surface area contributed by atoms with Gasteiger partial charge >= 0.3 is 0 Å². The predicted molar refractivity (Wildman–Crippen MR) is 64.1 cm³/mol. The highest BCUT2D eigenvalue weighted by atomic mass is 16.3. The Morgan fingerprint density at radius 3 is 2.50 bits per heavy atom. The Labute approximate surface area is 97.8 Å². The number of rotatable bonds is 5. The van der Waals surface area contributed by atoms with Gasteiger partial charge in [0.15, 0.2) is 0 Å². The Balaban J connectivity index is 2.61. The van der Waals surface area contributed by atoms with E-state index in [0.29, 0.717) is 5.92 Å². The molecule has 16 heavy (non-hydrogen) atoms. The first-order valence-electron chi connectivity index (χ1n) is 6.25. The van der Waals surface area contributed by atoms with Crippen molar-refractivity contribution in [1.29, 1.82) is 0 Å². The van der Waals surface area contributed by atoms with Gasteiger partial charge in [-0.15, -0.1) is 0 Å². The van der Waals surface area contributed by atoms with Crippen molar-refractivity contribution in [1.82, 2.24) is 10.6 Å². The molecule has 4 nitrogen and oxygen atoms in total. The molecule has 0 aromatic carbocycles. The summed E-state index contributed by atoms with van der Waals surface area (Å²) in [5.74, 6) is 0.410. The molecule has 3 N–H and O–H groups in total. The van der Waals surface area contributed by atoms with Crippen molar-refractivity contribution in [2.24, 2.45) is 5.92 Å². The summed E-state index contributed by atoms with van der Waals surface area (Å²) in [4.78, 5) is 12.1. The second kappa shape index (κ2) is 5.64. The number of aliphatic hydroxyl groups is 1. The first kappa shape index (κ1) is 13.5. The molecule has 0 aliphatic carbocycles.